The van der Waals surface area contributed by atoms with Crippen LogP contribution >= 0.6 is 0 Å². The molecule has 0 saturated carbocycles. The molecule has 0 fully saturated rings. The Balaban J connectivity index is 1.41. The highest BCUT2D eigenvalue weighted by Crippen LogP contribution is 2.42. The predicted molar refractivity (Wildman–Crippen MR) is 233 cm³/mol. The molecule has 0 atom stereocenters. The number of ether oxygens (including phenoxy) is 2. The number of rotatable bonds is 8. The second-order valence-corrected chi connectivity index (χ2v) is 17.7. The van der Waals surface area contributed by atoms with Gasteiger partial charge in [0.15, 0.2) is 0 Å². The third-order valence-electron chi connectivity index (χ3n) is 11.2. The fraction of sp³-hybridized carbons (Fsp3) is 0.280. The third-order valence-corrected chi connectivity index (χ3v) is 11.2. The molecule has 6 aromatic rings. The summed E-state index contributed by atoms with van der Waals surface area (Å²) in [7, 11) is 0. The quantitative estimate of drug-likeness (QED) is 0.114. The molecule has 2 N–H and O–H groups in total. The molecule has 1 aliphatic carbocycles. The minimum atomic E-state index is -0.431. The monoisotopic (exact) mass is 806 g/mol. The maximum Gasteiger partial charge on any atom is 0.269 e. The van der Waals surface area contributed by atoms with Crippen molar-refractivity contribution in [1.29, 1.82) is 0 Å². The van der Waals surface area contributed by atoms with Crippen LogP contribution in [0.3, 0.4) is 0 Å². The van der Waals surface area contributed by atoms with Crippen LogP contribution in [0.5, 0.6) is 23.0 Å². The van der Waals surface area contributed by atoms with Crippen LogP contribution in [0, 0.1) is 20.2 Å². The lowest BCUT2D eigenvalue weighted by atomic mass is 9.81. The number of para-hydroxylation sites is 2. The van der Waals surface area contributed by atoms with E-state index in [0.29, 0.717) is 48.3 Å². The number of fused-ring (bicyclic) bond motifs is 8. The molecule has 0 heterocycles. The summed E-state index contributed by atoms with van der Waals surface area (Å²) < 4.78 is 13.4. The van der Waals surface area contributed by atoms with E-state index >= 15 is 0 Å². The van der Waals surface area contributed by atoms with Crippen LogP contribution in [-0.2, 0) is 49.7 Å². The number of hydrogen-bond acceptors (Lipinski definition) is 8. The molecule has 0 aliphatic heterocycles. The smallest absolute Gasteiger partial charge is 0.269 e. The van der Waals surface area contributed by atoms with E-state index in [1.807, 2.05) is 36.4 Å². The van der Waals surface area contributed by atoms with Crippen LogP contribution in [0.2, 0.25) is 0 Å². The van der Waals surface area contributed by atoms with Gasteiger partial charge in [-0.05, 0) is 102 Å². The molecular formula is C50H50N2O8. The number of non-ortho nitro benzene ring substituents is 2. The van der Waals surface area contributed by atoms with Crippen LogP contribution in [0.4, 0.5) is 11.4 Å². The Labute approximate surface area is 350 Å². The Hall–Kier alpha value is -6.68. The summed E-state index contributed by atoms with van der Waals surface area (Å²) in [5, 5.41) is 47.0. The first kappa shape index (κ1) is 41.5. The number of phenols is 2. The molecular weight excluding hydrogens is 757 g/mol. The second kappa shape index (κ2) is 16.5. The number of aromatic hydroxyl groups is 2. The van der Waals surface area contributed by atoms with Gasteiger partial charge in [0.1, 0.15) is 36.2 Å². The average molecular weight is 807 g/mol. The maximum absolute atomic E-state index is 12.3. The Morgan fingerprint density at radius 2 is 0.800 bits per heavy atom. The van der Waals surface area contributed by atoms with E-state index in [-0.39, 0.29) is 46.9 Å². The van der Waals surface area contributed by atoms with Crippen LogP contribution in [0.1, 0.15) is 108 Å². The minimum absolute atomic E-state index is 0.00230. The van der Waals surface area contributed by atoms with Gasteiger partial charge in [-0.2, -0.15) is 0 Å². The zero-order valence-electron chi connectivity index (χ0n) is 34.9. The van der Waals surface area contributed by atoms with Crippen molar-refractivity contribution in [1.82, 2.24) is 0 Å². The molecule has 10 nitrogen and oxygen atoms in total. The van der Waals surface area contributed by atoms with E-state index in [1.54, 1.807) is 24.3 Å². The van der Waals surface area contributed by atoms with Gasteiger partial charge in [0.2, 0.25) is 0 Å². The highest BCUT2D eigenvalue weighted by molar-refractivity contribution is 5.58. The molecule has 8 bridgehead atoms. The lowest BCUT2D eigenvalue weighted by molar-refractivity contribution is -0.385. The van der Waals surface area contributed by atoms with Crippen molar-refractivity contribution in [3.05, 3.63) is 196 Å². The standard InChI is InChI=1S/C50H50N2O8/c1-49(2,3)41-25-37-23-36-12-8-11-35(47(36)59-29-31-13-17-43(18-14-31)51(55)56)21-33-9-7-10-34(45(33)53)22-39-27-42(50(4,5)6)28-40(24-38(26-41)46(37)54)48(39)60-30-32-15-19-44(20-16-32)52(57)58/h7-20,25-28,53-54H,21-24,29-30H2,1-6H3. The van der Waals surface area contributed by atoms with Crippen molar-refractivity contribution in [2.45, 2.75) is 91.3 Å². The van der Waals surface area contributed by atoms with Gasteiger partial charge in [0, 0.05) is 49.9 Å². The van der Waals surface area contributed by atoms with E-state index < -0.39 is 9.85 Å². The van der Waals surface area contributed by atoms with Gasteiger partial charge in [-0.15, -0.1) is 0 Å². The average Bonchev–Trinajstić information content (AvgIpc) is 3.19. The fourth-order valence-electron chi connectivity index (χ4n) is 7.69. The zero-order valence-corrected chi connectivity index (χ0v) is 34.9. The molecule has 0 amide bonds. The molecule has 60 heavy (non-hydrogen) atoms. The molecule has 0 spiro atoms. The zero-order chi connectivity index (χ0) is 42.9. The first-order valence-electron chi connectivity index (χ1n) is 20.1. The van der Waals surface area contributed by atoms with Crippen molar-refractivity contribution in [3.63, 3.8) is 0 Å². The summed E-state index contributed by atoms with van der Waals surface area (Å²) in [4.78, 5) is 21.8. The molecule has 7 rings (SSSR count). The van der Waals surface area contributed by atoms with E-state index in [2.05, 4.69) is 65.8 Å². The summed E-state index contributed by atoms with van der Waals surface area (Å²) in [6.07, 6.45) is 1.37. The largest absolute Gasteiger partial charge is 0.507 e. The fourth-order valence-corrected chi connectivity index (χ4v) is 7.69. The normalized spacial score (nSPS) is 12.8. The van der Waals surface area contributed by atoms with Crippen LogP contribution in [0.25, 0.3) is 0 Å². The molecule has 0 unspecified atom stereocenters. The molecule has 10 heteroatoms. The Morgan fingerprint density at radius 1 is 0.483 bits per heavy atom. The summed E-state index contributed by atoms with van der Waals surface area (Å²) >= 11 is 0. The Kier molecular flexibility index (Phi) is 11.4. The van der Waals surface area contributed by atoms with Crippen molar-refractivity contribution in [2.24, 2.45) is 0 Å². The first-order valence-corrected chi connectivity index (χ1v) is 20.1. The SMILES string of the molecule is CC(C)(C)c1cc2c(O)c(c1)Cc1cc(C(C)(C)C)cc(c1OCc1ccc([N+](=O)[O-])cc1)Cc1cccc(c1O)Cc1cccc(c1OCc1ccc([N+](=O)[O-])cc1)C2. The lowest BCUT2D eigenvalue weighted by Gasteiger charge is -2.26. The topological polar surface area (TPSA) is 145 Å². The number of nitrogens with zero attached hydrogens (tertiary/aromatic N) is 2. The maximum atomic E-state index is 12.3. The van der Waals surface area contributed by atoms with Crippen LogP contribution in [-0.4, -0.2) is 20.1 Å². The van der Waals surface area contributed by atoms with Crippen molar-refractivity contribution in [3.8, 4) is 23.0 Å². The number of phenolic OH excluding ortho intramolecular Hbond substituents is 2. The van der Waals surface area contributed by atoms with Gasteiger partial charge in [-0.25, -0.2) is 0 Å². The third kappa shape index (κ3) is 9.13. The molecule has 6 aromatic carbocycles. The van der Waals surface area contributed by atoms with Gasteiger partial charge in [-0.1, -0.05) is 102 Å². The van der Waals surface area contributed by atoms with Crippen molar-refractivity contribution >= 4 is 11.4 Å². The van der Waals surface area contributed by atoms with Crippen LogP contribution in [0.15, 0.2) is 109 Å². The summed E-state index contributed by atoms with van der Waals surface area (Å²) in [6, 6.07) is 32.7. The lowest BCUT2D eigenvalue weighted by Crippen LogP contribution is -2.15. The highest BCUT2D eigenvalue weighted by atomic mass is 16.6. The van der Waals surface area contributed by atoms with Crippen LogP contribution < -0.4 is 9.47 Å². The van der Waals surface area contributed by atoms with Crippen molar-refractivity contribution in [2.75, 3.05) is 0 Å². The summed E-state index contributed by atoms with van der Waals surface area (Å²) in [5.41, 5.74) is 9.41. The van der Waals surface area contributed by atoms with E-state index in [0.717, 1.165) is 55.6 Å². The van der Waals surface area contributed by atoms with Gasteiger partial charge < -0.3 is 19.7 Å². The van der Waals surface area contributed by atoms with Gasteiger partial charge >= 0.3 is 0 Å². The van der Waals surface area contributed by atoms with Gasteiger partial charge in [-0.3, -0.25) is 20.2 Å². The molecule has 0 radical (unpaired) electrons. The number of nitro benzene ring substituents is 2. The summed E-state index contributed by atoms with van der Waals surface area (Å²) in [6.45, 7) is 13.2. The van der Waals surface area contributed by atoms with E-state index in [9.17, 15) is 30.4 Å². The Bertz CT molecular complexity index is 2580. The predicted octanol–water partition coefficient (Wildman–Crippen LogP) is 11.3. The molecule has 0 saturated heterocycles. The highest BCUT2D eigenvalue weighted by Gasteiger charge is 2.26. The number of nitro groups is 2. The first-order chi connectivity index (χ1) is 28.4. The summed E-state index contributed by atoms with van der Waals surface area (Å²) in [5.74, 6) is 1.59. The Morgan fingerprint density at radius 3 is 1.20 bits per heavy atom. The van der Waals surface area contributed by atoms with E-state index in [1.165, 1.54) is 24.3 Å². The number of hydrogen-bond donors (Lipinski definition) is 2. The second-order valence-electron chi connectivity index (χ2n) is 17.7. The molecule has 0 aromatic heterocycles. The molecule has 308 valence electrons. The van der Waals surface area contributed by atoms with Gasteiger partial charge in [0.05, 0.1) is 9.85 Å². The van der Waals surface area contributed by atoms with Gasteiger partial charge in [0.25, 0.3) is 11.4 Å². The minimum Gasteiger partial charge on any atom is -0.507 e. The number of benzene rings is 6. The van der Waals surface area contributed by atoms with Crippen molar-refractivity contribution < 1.29 is 29.5 Å². The van der Waals surface area contributed by atoms with E-state index in [4.69, 9.17) is 9.47 Å². The molecule has 1 aliphatic rings.